The topological polar surface area (TPSA) is 0 Å². The van der Waals surface area contributed by atoms with Gasteiger partial charge in [-0.3, -0.25) is 0 Å². The van der Waals surface area contributed by atoms with Gasteiger partial charge < -0.3 is 0 Å². The summed E-state index contributed by atoms with van der Waals surface area (Å²) in [5.74, 6) is 0. The van der Waals surface area contributed by atoms with Crippen LogP contribution >= 0.6 is 23.3 Å². The smallest absolute Gasteiger partial charge is 0.00162 e. The fourth-order valence-electron chi connectivity index (χ4n) is 5.10. The lowest BCUT2D eigenvalue weighted by Gasteiger charge is -2.55. The van der Waals surface area contributed by atoms with Gasteiger partial charge in [-0.15, -0.1) is 0 Å². The largest absolute Gasteiger partial charge is 0.174 e. The van der Waals surface area contributed by atoms with Crippen molar-refractivity contribution in [1.29, 1.82) is 0 Å². The SMILES string of the molecule is BrS(C1CCCCC1)(C1CCCCC1)C1CCCCC1. The maximum absolute atomic E-state index is 4.55. The van der Waals surface area contributed by atoms with E-state index in [9.17, 15) is 0 Å². The van der Waals surface area contributed by atoms with E-state index in [4.69, 9.17) is 0 Å². The monoisotopic (exact) mass is 360 g/mol. The van der Waals surface area contributed by atoms with Gasteiger partial charge in [0, 0.05) is 0 Å². The Balaban J connectivity index is 1.79. The van der Waals surface area contributed by atoms with Crippen molar-refractivity contribution < 1.29 is 0 Å². The highest BCUT2D eigenvalue weighted by molar-refractivity contribution is 9.58. The van der Waals surface area contributed by atoms with Crippen molar-refractivity contribution >= 4 is 23.3 Å². The van der Waals surface area contributed by atoms with E-state index in [1.807, 2.05) is 0 Å². The number of hydrogen-bond acceptors (Lipinski definition) is 0. The molecular weight excluding hydrogens is 328 g/mol. The molecule has 0 aromatic rings. The molecule has 0 unspecified atom stereocenters. The van der Waals surface area contributed by atoms with E-state index in [0.29, 0.717) is 0 Å². The van der Waals surface area contributed by atoms with Crippen molar-refractivity contribution in [2.45, 2.75) is 112 Å². The number of hydrogen-bond donors (Lipinski definition) is 0. The first-order chi connectivity index (χ1) is 9.82. The van der Waals surface area contributed by atoms with Crippen LogP contribution in [0.4, 0.5) is 0 Å². The minimum Gasteiger partial charge on any atom is -0.174 e. The first kappa shape index (κ1) is 15.7. The van der Waals surface area contributed by atoms with Crippen molar-refractivity contribution in [2.24, 2.45) is 0 Å². The van der Waals surface area contributed by atoms with E-state index in [1.54, 1.807) is 38.5 Å². The molecule has 0 spiro atoms. The van der Waals surface area contributed by atoms with E-state index in [0.717, 1.165) is 15.7 Å². The highest BCUT2D eigenvalue weighted by Crippen LogP contribution is 2.73. The van der Waals surface area contributed by atoms with Crippen LogP contribution < -0.4 is 0 Å². The predicted octanol–water partition coefficient (Wildman–Crippen LogP) is 7.10. The lowest BCUT2D eigenvalue weighted by molar-refractivity contribution is 0.467. The zero-order valence-corrected chi connectivity index (χ0v) is 15.5. The Hall–Kier alpha value is 0.830. The summed E-state index contributed by atoms with van der Waals surface area (Å²) < 4.78 is 0. The summed E-state index contributed by atoms with van der Waals surface area (Å²) >= 11 is 4.55. The van der Waals surface area contributed by atoms with E-state index >= 15 is 0 Å². The molecule has 3 rings (SSSR count). The summed E-state index contributed by atoms with van der Waals surface area (Å²) in [5, 5.41) is 3.22. The minimum absolute atomic E-state index is 0.532. The summed E-state index contributed by atoms with van der Waals surface area (Å²) in [5.41, 5.74) is 0. The third-order valence-electron chi connectivity index (χ3n) is 6.19. The van der Waals surface area contributed by atoms with Crippen molar-refractivity contribution in [3.05, 3.63) is 0 Å². The molecule has 0 aliphatic heterocycles. The highest BCUT2D eigenvalue weighted by atomic mass is 79.9. The van der Waals surface area contributed by atoms with Crippen LogP contribution in [0, 0.1) is 0 Å². The Kier molecular flexibility index (Phi) is 5.81. The molecule has 0 bridgehead atoms. The lowest BCUT2D eigenvalue weighted by atomic mass is 9.99. The molecule has 0 aromatic carbocycles. The van der Waals surface area contributed by atoms with Gasteiger partial charge in [0.25, 0.3) is 0 Å². The molecule has 0 heterocycles. The molecule has 3 fully saturated rings. The van der Waals surface area contributed by atoms with Crippen LogP contribution in [0.2, 0.25) is 0 Å². The van der Waals surface area contributed by atoms with Crippen LogP contribution in [0.3, 0.4) is 0 Å². The maximum atomic E-state index is 4.55. The minimum atomic E-state index is -0.532. The third-order valence-corrected chi connectivity index (χ3v) is 15.4. The Morgan fingerprint density at radius 1 is 0.450 bits per heavy atom. The van der Waals surface area contributed by atoms with E-state index in [-0.39, 0.29) is 0 Å². The first-order valence-electron chi connectivity index (χ1n) is 9.31. The summed E-state index contributed by atoms with van der Waals surface area (Å²) in [4.78, 5) is 0. The van der Waals surface area contributed by atoms with Crippen molar-refractivity contribution in [3.8, 4) is 0 Å². The van der Waals surface area contributed by atoms with Crippen LogP contribution in [-0.2, 0) is 0 Å². The van der Waals surface area contributed by atoms with Gasteiger partial charge in [-0.05, 0) is 69.1 Å². The average molecular weight is 361 g/mol. The standard InChI is InChI=1S/C18H33BrS/c19-20(16-10-4-1-5-11-16,17-12-6-2-7-13-17)18-14-8-3-9-15-18/h16-18H,1-15H2. The van der Waals surface area contributed by atoms with E-state index in [2.05, 4.69) is 14.8 Å². The molecule has 0 nitrogen and oxygen atoms in total. The van der Waals surface area contributed by atoms with Crippen LogP contribution in [0.1, 0.15) is 96.3 Å². The second kappa shape index (κ2) is 7.40. The van der Waals surface area contributed by atoms with E-state index < -0.39 is 8.46 Å². The maximum Gasteiger partial charge on any atom is -0.00162 e. The molecule has 118 valence electrons. The molecule has 0 atom stereocenters. The third kappa shape index (κ3) is 3.26. The number of rotatable bonds is 3. The highest BCUT2D eigenvalue weighted by Gasteiger charge is 2.44. The van der Waals surface area contributed by atoms with Crippen LogP contribution in [0.15, 0.2) is 0 Å². The Bertz CT molecular complexity index is 240. The second-order valence-corrected chi connectivity index (χ2v) is 14.2. The van der Waals surface area contributed by atoms with Crippen LogP contribution in [0.5, 0.6) is 0 Å². The zero-order chi connectivity index (χ0) is 13.8. The molecule has 2 heteroatoms. The zero-order valence-electron chi connectivity index (χ0n) is 13.1. The Morgan fingerprint density at radius 2 is 0.700 bits per heavy atom. The van der Waals surface area contributed by atoms with Crippen molar-refractivity contribution in [3.63, 3.8) is 0 Å². The fourth-order valence-corrected chi connectivity index (χ4v) is 13.3. The Morgan fingerprint density at radius 3 is 0.950 bits per heavy atom. The predicted molar refractivity (Wildman–Crippen MR) is 97.1 cm³/mol. The molecule has 0 saturated heterocycles. The van der Waals surface area contributed by atoms with Crippen molar-refractivity contribution in [2.75, 3.05) is 0 Å². The lowest BCUT2D eigenvalue weighted by Crippen LogP contribution is -2.36. The summed E-state index contributed by atoms with van der Waals surface area (Å²) in [6.07, 6.45) is 22.9. The summed E-state index contributed by atoms with van der Waals surface area (Å²) in [6.45, 7) is 0. The molecule has 0 radical (unpaired) electrons. The number of halogens is 1. The Labute approximate surface area is 135 Å². The second-order valence-electron chi connectivity index (χ2n) is 7.46. The van der Waals surface area contributed by atoms with Crippen LogP contribution in [0.25, 0.3) is 0 Å². The first-order valence-corrected chi connectivity index (χ1v) is 13.0. The molecule has 20 heavy (non-hydrogen) atoms. The molecule has 0 amide bonds. The molecule has 3 saturated carbocycles. The van der Waals surface area contributed by atoms with Gasteiger partial charge in [-0.25, -0.2) is 0 Å². The van der Waals surface area contributed by atoms with Gasteiger partial charge in [0.2, 0.25) is 0 Å². The van der Waals surface area contributed by atoms with E-state index in [1.165, 1.54) is 57.8 Å². The molecular formula is C18H33BrS. The van der Waals surface area contributed by atoms with Gasteiger partial charge in [0.1, 0.15) is 0 Å². The van der Waals surface area contributed by atoms with Crippen molar-refractivity contribution in [1.82, 2.24) is 0 Å². The molecule has 3 aliphatic rings. The molecule has 0 N–H and O–H groups in total. The average Bonchev–Trinajstić information content (AvgIpc) is 2.56. The van der Waals surface area contributed by atoms with Gasteiger partial charge in [-0.1, -0.05) is 57.8 Å². The molecule has 3 aliphatic carbocycles. The normalized spacial score (nSPS) is 29.4. The summed E-state index contributed by atoms with van der Waals surface area (Å²) in [7, 11) is -0.532. The quantitative estimate of drug-likeness (QED) is 0.503. The van der Waals surface area contributed by atoms with Gasteiger partial charge >= 0.3 is 0 Å². The van der Waals surface area contributed by atoms with Gasteiger partial charge in [0.05, 0.1) is 0 Å². The van der Waals surface area contributed by atoms with Gasteiger partial charge in [0.15, 0.2) is 0 Å². The molecule has 0 aromatic heterocycles. The fraction of sp³-hybridized carbons (Fsp3) is 1.00. The van der Waals surface area contributed by atoms with Gasteiger partial charge in [-0.2, -0.15) is 8.46 Å². The van der Waals surface area contributed by atoms with Crippen LogP contribution in [-0.4, -0.2) is 15.7 Å². The summed E-state index contributed by atoms with van der Waals surface area (Å²) in [6, 6.07) is 0.